The van der Waals surface area contributed by atoms with Gasteiger partial charge in [-0.15, -0.1) is 0 Å². The van der Waals surface area contributed by atoms with Gasteiger partial charge in [-0.2, -0.15) is 5.10 Å². The van der Waals surface area contributed by atoms with Gasteiger partial charge in [-0.3, -0.25) is 14.5 Å². The molecule has 0 saturated carbocycles. The normalized spacial score (nSPS) is 21.8. The molecule has 0 radical (unpaired) electrons. The van der Waals surface area contributed by atoms with Crippen molar-refractivity contribution in [2.75, 3.05) is 62.3 Å². The third kappa shape index (κ3) is 3.43. The van der Waals surface area contributed by atoms with Crippen LogP contribution in [0.15, 0.2) is 24.3 Å². The molecule has 0 spiro atoms. The number of amides is 1. The Morgan fingerprint density at radius 2 is 1.83 bits per heavy atom. The molecular weight excluding hydrogens is 386 g/mol. The molecule has 4 heterocycles. The van der Waals surface area contributed by atoms with Gasteiger partial charge in [-0.05, 0) is 19.1 Å². The summed E-state index contributed by atoms with van der Waals surface area (Å²) >= 11 is 0. The number of aryl methyl sites for hydroxylation is 1. The van der Waals surface area contributed by atoms with Crippen molar-refractivity contribution in [2.24, 2.45) is 7.05 Å². The van der Waals surface area contributed by atoms with Gasteiger partial charge in [0, 0.05) is 39.8 Å². The lowest BCUT2D eigenvalue weighted by Gasteiger charge is -2.38. The number of para-hydroxylation sites is 2. The molecule has 2 aromatic rings. The van der Waals surface area contributed by atoms with Crippen LogP contribution in [-0.4, -0.2) is 79.4 Å². The summed E-state index contributed by atoms with van der Waals surface area (Å²) in [4.78, 5) is 18.5. The molecule has 1 amide bonds. The van der Waals surface area contributed by atoms with E-state index in [-0.39, 0.29) is 12.2 Å². The molecule has 160 valence electrons. The Morgan fingerprint density at radius 3 is 2.57 bits per heavy atom. The number of piperazine rings is 1. The van der Waals surface area contributed by atoms with Crippen molar-refractivity contribution in [3.8, 4) is 11.5 Å². The number of carbonyl (C=O) groups excluding carboxylic acids is 1. The molecule has 3 aliphatic heterocycles. The highest BCUT2D eigenvalue weighted by Gasteiger charge is 2.33. The number of nitrogens with zero attached hydrogens (tertiary/aromatic N) is 5. The van der Waals surface area contributed by atoms with Crippen LogP contribution in [0.2, 0.25) is 0 Å². The number of cyclic esters (lactones) is 1. The van der Waals surface area contributed by atoms with E-state index in [1.54, 1.807) is 4.90 Å². The monoisotopic (exact) mass is 413 g/mol. The van der Waals surface area contributed by atoms with Crippen LogP contribution in [0, 0.1) is 6.92 Å². The molecule has 1 aromatic carbocycles. The Kier molecular flexibility index (Phi) is 4.90. The molecule has 0 N–H and O–H groups in total. The Labute approximate surface area is 175 Å². The zero-order valence-corrected chi connectivity index (χ0v) is 17.4. The lowest BCUT2D eigenvalue weighted by molar-refractivity contribution is 0.0571. The highest BCUT2D eigenvalue weighted by atomic mass is 16.6. The number of hydrogen-bond acceptors (Lipinski definition) is 7. The van der Waals surface area contributed by atoms with Gasteiger partial charge < -0.3 is 19.1 Å². The summed E-state index contributed by atoms with van der Waals surface area (Å²) in [6.45, 7) is 7.87. The van der Waals surface area contributed by atoms with Crippen LogP contribution in [0.3, 0.4) is 0 Å². The Bertz CT molecular complexity index is 937. The summed E-state index contributed by atoms with van der Waals surface area (Å²) in [5.74, 6) is 2.50. The second-order valence-electron chi connectivity index (χ2n) is 7.93. The number of aromatic nitrogens is 2. The highest BCUT2D eigenvalue weighted by molar-refractivity contribution is 5.94. The van der Waals surface area contributed by atoms with Crippen LogP contribution in [0.4, 0.5) is 16.3 Å². The maximum atomic E-state index is 12.1. The fraction of sp³-hybridized carbons (Fsp3) is 0.524. The summed E-state index contributed by atoms with van der Waals surface area (Å²) in [6.07, 6.45) is -0.265. The fourth-order valence-electron chi connectivity index (χ4n) is 4.29. The Balaban J connectivity index is 1.23. The predicted molar refractivity (Wildman–Crippen MR) is 112 cm³/mol. The van der Waals surface area contributed by atoms with Crippen molar-refractivity contribution in [1.29, 1.82) is 0 Å². The molecule has 9 nitrogen and oxygen atoms in total. The molecule has 3 aliphatic rings. The maximum absolute atomic E-state index is 12.1. The summed E-state index contributed by atoms with van der Waals surface area (Å²) in [6, 6.07) is 7.81. The fourth-order valence-corrected chi connectivity index (χ4v) is 4.29. The molecule has 2 saturated heterocycles. The van der Waals surface area contributed by atoms with Gasteiger partial charge in [0.25, 0.3) is 0 Å². The minimum atomic E-state index is -0.291. The van der Waals surface area contributed by atoms with Gasteiger partial charge >= 0.3 is 6.09 Å². The van der Waals surface area contributed by atoms with Crippen LogP contribution < -0.4 is 19.3 Å². The average Bonchev–Trinajstić information content (AvgIpc) is 3.31. The lowest BCUT2D eigenvalue weighted by Crippen LogP contribution is -2.51. The number of hydrogen-bond donors (Lipinski definition) is 0. The van der Waals surface area contributed by atoms with Gasteiger partial charge in [0.15, 0.2) is 17.3 Å². The van der Waals surface area contributed by atoms with E-state index in [1.807, 2.05) is 42.9 Å². The molecule has 0 bridgehead atoms. The van der Waals surface area contributed by atoms with Gasteiger partial charge in [0.05, 0.1) is 12.2 Å². The van der Waals surface area contributed by atoms with Crippen LogP contribution >= 0.6 is 0 Å². The molecule has 1 unspecified atom stereocenters. The van der Waals surface area contributed by atoms with Crippen molar-refractivity contribution in [1.82, 2.24) is 14.7 Å². The number of rotatable bonds is 4. The number of anilines is 2. The van der Waals surface area contributed by atoms with Crippen molar-refractivity contribution in [2.45, 2.75) is 13.0 Å². The predicted octanol–water partition coefficient (Wildman–Crippen LogP) is 1.65. The number of fused-ring (bicyclic) bond motifs is 1. The zero-order chi connectivity index (χ0) is 20.7. The minimum absolute atomic E-state index is 0.0264. The molecule has 30 heavy (non-hydrogen) atoms. The van der Waals surface area contributed by atoms with E-state index in [0.29, 0.717) is 19.8 Å². The largest absolute Gasteiger partial charge is 0.486 e. The quantitative estimate of drug-likeness (QED) is 0.755. The van der Waals surface area contributed by atoms with Crippen molar-refractivity contribution in [3.63, 3.8) is 0 Å². The molecule has 1 atom stereocenters. The summed E-state index contributed by atoms with van der Waals surface area (Å²) in [5.41, 5.74) is 1.84. The first-order chi connectivity index (χ1) is 14.6. The third-order valence-corrected chi connectivity index (χ3v) is 6.02. The van der Waals surface area contributed by atoms with E-state index < -0.39 is 0 Å². The average molecular weight is 413 g/mol. The van der Waals surface area contributed by atoms with Gasteiger partial charge in [0.1, 0.15) is 25.0 Å². The first kappa shape index (κ1) is 19.0. The molecule has 0 aliphatic carbocycles. The molecular formula is C21H27N5O4. The topological polar surface area (TPSA) is 72.3 Å². The van der Waals surface area contributed by atoms with Crippen molar-refractivity contribution in [3.05, 3.63) is 30.0 Å². The first-order valence-corrected chi connectivity index (χ1v) is 10.4. The lowest BCUT2D eigenvalue weighted by atomic mass is 10.2. The van der Waals surface area contributed by atoms with E-state index in [9.17, 15) is 4.79 Å². The van der Waals surface area contributed by atoms with Crippen LogP contribution in [0.5, 0.6) is 11.5 Å². The second kappa shape index (κ2) is 7.71. The van der Waals surface area contributed by atoms with Crippen LogP contribution in [-0.2, 0) is 11.8 Å². The SMILES string of the molecule is Cc1c(N2CCOC2=O)c(N2CCN(CC3COc4ccccc4O3)CC2)nn1C. The van der Waals surface area contributed by atoms with E-state index in [4.69, 9.17) is 19.3 Å². The Hall–Kier alpha value is -2.94. The minimum Gasteiger partial charge on any atom is -0.486 e. The van der Waals surface area contributed by atoms with Gasteiger partial charge in [-0.25, -0.2) is 4.79 Å². The standard InChI is InChI=1S/C21H27N5O4/c1-15-19(26-11-12-28-21(26)27)20(22-23(15)2)25-9-7-24(8-10-25)13-16-14-29-17-5-3-4-6-18(17)30-16/h3-6,16H,7-14H2,1-2H3. The number of carbonyl (C=O) groups is 1. The summed E-state index contributed by atoms with van der Waals surface area (Å²) in [5, 5.41) is 4.71. The third-order valence-electron chi connectivity index (χ3n) is 6.02. The summed E-state index contributed by atoms with van der Waals surface area (Å²) < 4.78 is 18.9. The van der Waals surface area contributed by atoms with Crippen LogP contribution in [0.25, 0.3) is 0 Å². The number of ether oxygens (including phenoxy) is 3. The molecule has 9 heteroatoms. The molecule has 1 aromatic heterocycles. The van der Waals surface area contributed by atoms with Crippen molar-refractivity contribution < 1.29 is 19.0 Å². The van der Waals surface area contributed by atoms with Crippen LogP contribution in [0.1, 0.15) is 5.69 Å². The number of benzene rings is 1. The first-order valence-electron chi connectivity index (χ1n) is 10.4. The van der Waals surface area contributed by atoms with E-state index in [1.165, 1.54) is 0 Å². The smallest absolute Gasteiger partial charge is 0.414 e. The Morgan fingerprint density at radius 1 is 1.07 bits per heavy atom. The summed E-state index contributed by atoms with van der Waals surface area (Å²) in [7, 11) is 1.91. The zero-order valence-electron chi connectivity index (χ0n) is 17.4. The maximum Gasteiger partial charge on any atom is 0.414 e. The van der Waals surface area contributed by atoms with E-state index >= 15 is 0 Å². The van der Waals surface area contributed by atoms with Gasteiger partial charge in [0.2, 0.25) is 0 Å². The second-order valence-corrected chi connectivity index (χ2v) is 7.93. The highest BCUT2D eigenvalue weighted by Crippen LogP contribution is 2.34. The van der Waals surface area contributed by atoms with Crippen molar-refractivity contribution >= 4 is 17.6 Å². The van der Waals surface area contributed by atoms with Gasteiger partial charge in [-0.1, -0.05) is 12.1 Å². The van der Waals surface area contributed by atoms with E-state index in [2.05, 4.69) is 9.80 Å². The molecule has 5 rings (SSSR count). The molecule has 2 fully saturated rings. The van der Waals surface area contributed by atoms with E-state index in [0.717, 1.165) is 61.4 Å².